The quantitative estimate of drug-likeness (QED) is 0.758. The van der Waals surface area contributed by atoms with E-state index < -0.39 is 0 Å². The molecule has 0 atom stereocenters. The minimum atomic E-state index is 0.295. The Morgan fingerprint density at radius 3 is 2.27 bits per heavy atom. The molecule has 0 aliphatic rings. The Labute approximate surface area is 93.2 Å². The first kappa shape index (κ1) is 12.2. The second kappa shape index (κ2) is 4.73. The van der Waals surface area contributed by atoms with Crippen LogP contribution in [0.1, 0.15) is 46.0 Å². The summed E-state index contributed by atoms with van der Waals surface area (Å²) < 4.78 is 0. The molecule has 0 aliphatic carbocycles. The van der Waals surface area contributed by atoms with Gasteiger partial charge in [-0.05, 0) is 30.2 Å². The van der Waals surface area contributed by atoms with Crippen molar-refractivity contribution >= 4 is 0 Å². The van der Waals surface area contributed by atoms with Crippen LogP contribution in [0.5, 0.6) is 0 Å². The standard InChI is InChI=1S/C13H22N2/c1-10(2)6-11-7-12(15-9-14-11)8-13(3,4)5/h7,9-10H,6,8H2,1-5H3. The van der Waals surface area contributed by atoms with E-state index in [9.17, 15) is 0 Å². The topological polar surface area (TPSA) is 25.8 Å². The number of aromatic nitrogens is 2. The zero-order chi connectivity index (χ0) is 11.5. The second-order valence-electron chi connectivity index (χ2n) is 5.84. The maximum atomic E-state index is 4.32. The predicted octanol–water partition coefficient (Wildman–Crippen LogP) is 3.26. The molecule has 1 rings (SSSR count). The van der Waals surface area contributed by atoms with E-state index in [1.165, 1.54) is 5.69 Å². The van der Waals surface area contributed by atoms with Gasteiger partial charge in [0.25, 0.3) is 0 Å². The van der Waals surface area contributed by atoms with Gasteiger partial charge in [-0.15, -0.1) is 0 Å². The summed E-state index contributed by atoms with van der Waals surface area (Å²) >= 11 is 0. The van der Waals surface area contributed by atoms with Crippen LogP contribution in [0.15, 0.2) is 12.4 Å². The molecule has 0 amide bonds. The average molecular weight is 206 g/mol. The molecule has 1 heterocycles. The Bertz CT molecular complexity index is 311. The summed E-state index contributed by atoms with van der Waals surface area (Å²) in [5.74, 6) is 0.655. The maximum Gasteiger partial charge on any atom is 0.115 e. The van der Waals surface area contributed by atoms with Gasteiger partial charge < -0.3 is 0 Å². The fourth-order valence-electron chi connectivity index (χ4n) is 1.61. The lowest BCUT2D eigenvalue weighted by atomic mass is 9.90. The highest BCUT2D eigenvalue weighted by molar-refractivity contribution is 5.10. The monoisotopic (exact) mass is 206 g/mol. The Kier molecular flexibility index (Phi) is 3.83. The van der Waals surface area contributed by atoms with E-state index in [0.29, 0.717) is 11.3 Å². The molecule has 0 saturated heterocycles. The molecule has 0 fully saturated rings. The van der Waals surface area contributed by atoms with Crippen LogP contribution in [0.25, 0.3) is 0 Å². The Morgan fingerprint density at radius 1 is 1.13 bits per heavy atom. The van der Waals surface area contributed by atoms with Gasteiger partial charge in [-0.2, -0.15) is 0 Å². The van der Waals surface area contributed by atoms with Crippen LogP contribution in [0.2, 0.25) is 0 Å². The SMILES string of the molecule is CC(C)Cc1cc(CC(C)(C)C)ncn1. The van der Waals surface area contributed by atoms with Gasteiger partial charge in [-0.3, -0.25) is 0 Å². The van der Waals surface area contributed by atoms with E-state index in [2.05, 4.69) is 50.7 Å². The third kappa shape index (κ3) is 4.91. The van der Waals surface area contributed by atoms with Crippen LogP contribution in [-0.2, 0) is 12.8 Å². The van der Waals surface area contributed by atoms with Gasteiger partial charge in [0.2, 0.25) is 0 Å². The molecular weight excluding hydrogens is 184 g/mol. The zero-order valence-corrected chi connectivity index (χ0v) is 10.5. The van der Waals surface area contributed by atoms with Crippen molar-refractivity contribution in [2.24, 2.45) is 11.3 Å². The molecule has 84 valence electrons. The lowest BCUT2D eigenvalue weighted by Crippen LogP contribution is -2.11. The Hall–Kier alpha value is -0.920. The molecule has 1 aromatic rings. The normalized spacial score (nSPS) is 12.1. The molecule has 0 N–H and O–H groups in total. The first-order valence-corrected chi connectivity index (χ1v) is 5.66. The van der Waals surface area contributed by atoms with Crippen LogP contribution in [0, 0.1) is 11.3 Å². The summed E-state index contributed by atoms with van der Waals surface area (Å²) in [4.78, 5) is 8.62. The molecule has 0 bridgehead atoms. The van der Waals surface area contributed by atoms with E-state index in [0.717, 1.165) is 18.5 Å². The van der Waals surface area contributed by atoms with Crippen molar-refractivity contribution in [3.05, 3.63) is 23.8 Å². The highest BCUT2D eigenvalue weighted by atomic mass is 14.8. The molecule has 2 heteroatoms. The van der Waals surface area contributed by atoms with Crippen LogP contribution < -0.4 is 0 Å². The molecule has 15 heavy (non-hydrogen) atoms. The smallest absolute Gasteiger partial charge is 0.115 e. The fraction of sp³-hybridized carbons (Fsp3) is 0.692. The van der Waals surface area contributed by atoms with Gasteiger partial charge in [0.15, 0.2) is 0 Å². The van der Waals surface area contributed by atoms with Crippen LogP contribution in [-0.4, -0.2) is 9.97 Å². The van der Waals surface area contributed by atoms with Crippen molar-refractivity contribution in [3.63, 3.8) is 0 Å². The summed E-state index contributed by atoms with van der Waals surface area (Å²) in [5.41, 5.74) is 2.62. The van der Waals surface area contributed by atoms with Crippen LogP contribution in [0.3, 0.4) is 0 Å². The van der Waals surface area contributed by atoms with E-state index in [4.69, 9.17) is 0 Å². The number of nitrogens with zero attached hydrogens (tertiary/aromatic N) is 2. The van der Waals surface area contributed by atoms with Crippen LogP contribution in [0.4, 0.5) is 0 Å². The van der Waals surface area contributed by atoms with Crippen molar-refractivity contribution in [1.82, 2.24) is 9.97 Å². The van der Waals surface area contributed by atoms with Gasteiger partial charge >= 0.3 is 0 Å². The predicted molar refractivity (Wildman–Crippen MR) is 63.7 cm³/mol. The van der Waals surface area contributed by atoms with Gasteiger partial charge in [-0.25, -0.2) is 9.97 Å². The molecule has 0 aromatic carbocycles. The van der Waals surface area contributed by atoms with Gasteiger partial charge in [0.05, 0.1) is 0 Å². The largest absolute Gasteiger partial charge is 0.241 e. The number of hydrogen-bond donors (Lipinski definition) is 0. The van der Waals surface area contributed by atoms with Crippen molar-refractivity contribution in [1.29, 1.82) is 0 Å². The second-order valence-corrected chi connectivity index (χ2v) is 5.84. The summed E-state index contributed by atoms with van der Waals surface area (Å²) in [6.45, 7) is 11.1. The third-order valence-electron chi connectivity index (χ3n) is 2.11. The molecule has 0 saturated carbocycles. The van der Waals surface area contributed by atoms with Gasteiger partial charge in [-0.1, -0.05) is 34.6 Å². The highest BCUT2D eigenvalue weighted by Gasteiger charge is 2.12. The molecule has 0 radical (unpaired) electrons. The summed E-state index contributed by atoms with van der Waals surface area (Å²) in [6.07, 6.45) is 3.75. The maximum absolute atomic E-state index is 4.32. The van der Waals surface area contributed by atoms with E-state index >= 15 is 0 Å². The number of rotatable bonds is 3. The molecule has 0 aliphatic heterocycles. The van der Waals surface area contributed by atoms with E-state index in [-0.39, 0.29) is 0 Å². The lowest BCUT2D eigenvalue weighted by Gasteiger charge is -2.17. The molecule has 1 aromatic heterocycles. The first-order chi connectivity index (χ1) is 6.87. The van der Waals surface area contributed by atoms with Crippen LogP contribution >= 0.6 is 0 Å². The molecule has 0 unspecified atom stereocenters. The van der Waals surface area contributed by atoms with Crippen molar-refractivity contribution in [3.8, 4) is 0 Å². The number of hydrogen-bond acceptors (Lipinski definition) is 2. The lowest BCUT2D eigenvalue weighted by molar-refractivity contribution is 0.405. The van der Waals surface area contributed by atoms with Crippen molar-refractivity contribution in [2.45, 2.75) is 47.5 Å². The summed E-state index contributed by atoms with van der Waals surface area (Å²) in [7, 11) is 0. The molecule has 2 nitrogen and oxygen atoms in total. The van der Waals surface area contributed by atoms with Crippen molar-refractivity contribution in [2.75, 3.05) is 0 Å². The Balaban J connectivity index is 2.74. The van der Waals surface area contributed by atoms with Gasteiger partial charge in [0, 0.05) is 11.4 Å². The minimum absolute atomic E-state index is 0.295. The molecular formula is C13H22N2. The van der Waals surface area contributed by atoms with Gasteiger partial charge in [0.1, 0.15) is 6.33 Å². The first-order valence-electron chi connectivity index (χ1n) is 5.66. The highest BCUT2D eigenvalue weighted by Crippen LogP contribution is 2.19. The summed E-state index contributed by atoms with van der Waals surface area (Å²) in [5, 5.41) is 0. The van der Waals surface area contributed by atoms with Crippen molar-refractivity contribution < 1.29 is 0 Å². The average Bonchev–Trinajstić information content (AvgIpc) is 1.99. The zero-order valence-electron chi connectivity index (χ0n) is 10.5. The minimum Gasteiger partial charge on any atom is -0.241 e. The van der Waals surface area contributed by atoms with E-state index in [1.54, 1.807) is 6.33 Å². The Morgan fingerprint density at radius 2 is 1.73 bits per heavy atom. The summed E-state index contributed by atoms with van der Waals surface area (Å²) in [6, 6.07) is 2.14. The molecule has 0 spiro atoms. The fourth-order valence-corrected chi connectivity index (χ4v) is 1.61. The third-order valence-corrected chi connectivity index (χ3v) is 2.11. The van der Waals surface area contributed by atoms with E-state index in [1.807, 2.05) is 0 Å².